The molecule has 7 heteroatoms. The summed E-state index contributed by atoms with van der Waals surface area (Å²) in [7, 11) is 1.67. The molecule has 0 radical (unpaired) electrons. The number of benzene rings is 1. The highest BCUT2D eigenvalue weighted by Gasteiger charge is 2.42. The number of nitrogens with zero attached hydrogens (tertiary/aromatic N) is 4. The molecule has 2 aromatic heterocycles. The highest BCUT2D eigenvalue weighted by Crippen LogP contribution is 2.40. The van der Waals surface area contributed by atoms with Gasteiger partial charge in [-0.2, -0.15) is 0 Å². The highest BCUT2D eigenvalue weighted by molar-refractivity contribution is 5.91. The first-order valence-corrected chi connectivity index (χ1v) is 10.5. The third kappa shape index (κ3) is 3.39. The normalized spacial score (nSPS) is 21.1. The number of nitrogens with two attached hydrogens (primary N) is 1. The number of likely N-dealkylation sites (tertiary alicyclic amines) is 1. The Hall–Kier alpha value is -3.50. The van der Waals surface area contributed by atoms with E-state index in [2.05, 4.69) is 27.9 Å². The Morgan fingerprint density at radius 1 is 1.23 bits per heavy atom. The number of carbonyl (C=O) groups excluding carboxylic acids is 1. The van der Waals surface area contributed by atoms with Crippen molar-refractivity contribution < 1.29 is 9.90 Å². The zero-order valence-corrected chi connectivity index (χ0v) is 17.3. The molecule has 3 heterocycles. The number of amides is 1. The third-order valence-corrected chi connectivity index (χ3v) is 6.27. The Balaban J connectivity index is 1.56. The van der Waals surface area contributed by atoms with Gasteiger partial charge in [-0.3, -0.25) is 4.79 Å². The van der Waals surface area contributed by atoms with E-state index < -0.39 is 5.60 Å². The number of fused-ring (bicyclic) bond motifs is 1. The lowest BCUT2D eigenvalue weighted by Gasteiger charge is -2.27. The first-order valence-electron chi connectivity index (χ1n) is 10.5. The second kappa shape index (κ2) is 7.33. The number of hydrogen-bond acceptors (Lipinski definition) is 6. The molecule has 5 rings (SSSR count). The molecule has 1 aromatic carbocycles. The molecule has 3 aromatic rings. The number of aromatic nitrogens is 3. The predicted octanol–water partition coefficient (Wildman–Crippen LogP) is 2.49. The van der Waals surface area contributed by atoms with Crippen LogP contribution < -0.4 is 5.73 Å². The standard InChI is InChI=1S/C24H23N5O2/c1-29-11-10-24(31,23(29)30)9-8-15-4-2-7-17(12-15)19-13-18(16-5-3-6-16)20-21(28-19)22(25)27-14-26-20/h2,4,7,12-14,16,31H,3,5-6,10-11H2,1H3,(H2,25,26,27). The van der Waals surface area contributed by atoms with E-state index in [0.717, 1.165) is 35.2 Å². The Morgan fingerprint density at radius 3 is 2.77 bits per heavy atom. The molecule has 1 unspecified atom stereocenters. The van der Waals surface area contributed by atoms with E-state index in [1.54, 1.807) is 7.05 Å². The number of carbonyl (C=O) groups is 1. The fraction of sp³-hybridized carbons (Fsp3) is 0.333. The van der Waals surface area contributed by atoms with E-state index in [-0.39, 0.29) is 5.91 Å². The van der Waals surface area contributed by atoms with Crippen molar-refractivity contribution in [3.8, 4) is 23.1 Å². The maximum Gasteiger partial charge on any atom is 0.267 e. The average Bonchev–Trinajstić information content (AvgIpc) is 3.00. The second-order valence-electron chi connectivity index (χ2n) is 8.35. The molecular weight excluding hydrogens is 390 g/mol. The minimum absolute atomic E-state index is 0.311. The molecule has 2 fully saturated rings. The minimum Gasteiger partial charge on any atom is -0.382 e. The summed E-state index contributed by atoms with van der Waals surface area (Å²) in [6, 6.07) is 9.72. The molecule has 2 aliphatic rings. The molecule has 3 N–H and O–H groups in total. The number of aliphatic hydroxyl groups is 1. The van der Waals surface area contributed by atoms with Gasteiger partial charge in [0.1, 0.15) is 11.8 Å². The summed E-state index contributed by atoms with van der Waals surface area (Å²) in [6.45, 7) is 0.499. The van der Waals surface area contributed by atoms with Gasteiger partial charge in [0.05, 0.1) is 11.2 Å². The second-order valence-corrected chi connectivity index (χ2v) is 8.35. The summed E-state index contributed by atoms with van der Waals surface area (Å²) in [6.07, 6.45) is 5.28. The van der Waals surface area contributed by atoms with Crippen molar-refractivity contribution in [3.63, 3.8) is 0 Å². The molecule has 1 amide bonds. The molecule has 1 aliphatic carbocycles. The fourth-order valence-corrected chi connectivity index (χ4v) is 4.16. The molecule has 31 heavy (non-hydrogen) atoms. The quantitative estimate of drug-likeness (QED) is 0.626. The van der Waals surface area contributed by atoms with E-state index in [9.17, 15) is 9.90 Å². The first kappa shape index (κ1) is 19.5. The van der Waals surface area contributed by atoms with Crippen LogP contribution in [0.1, 0.15) is 42.7 Å². The van der Waals surface area contributed by atoms with Crippen molar-refractivity contribution in [1.29, 1.82) is 0 Å². The van der Waals surface area contributed by atoms with Gasteiger partial charge in [-0.15, -0.1) is 0 Å². The van der Waals surface area contributed by atoms with Gasteiger partial charge in [0.15, 0.2) is 5.82 Å². The predicted molar refractivity (Wildman–Crippen MR) is 118 cm³/mol. The van der Waals surface area contributed by atoms with E-state index >= 15 is 0 Å². The highest BCUT2D eigenvalue weighted by atomic mass is 16.3. The number of likely N-dealkylation sites (N-methyl/N-ethyl adjacent to an activating group) is 1. The van der Waals surface area contributed by atoms with Gasteiger partial charge in [-0.25, -0.2) is 15.0 Å². The molecular formula is C24H23N5O2. The summed E-state index contributed by atoms with van der Waals surface area (Å²) in [5, 5.41) is 10.6. The monoisotopic (exact) mass is 413 g/mol. The maximum absolute atomic E-state index is 12.2. The minimum atomic E-state index is -1.62. The van der Waals surface area contributed by atoms with Crippen LogP contribution in [0.15, 0.2) is 36.7 Å². The molecule has 1 saturated carbocycles. The van der Waals surface area contributed by atoms with Crippen LogP contribution in [0.3, 0.4) is 0 Å². The number of nitrogen functional groups attached to an aromatic ring is 1. The summed E-state index contributed by atoms with van der Waals surface area (Å²) in [5.74, 6) is 6.22. The van der Waals surface area contributed by atoms with E-state index in [1.165, 1.54) is 17.6 Å². The Morgan fingerprint density at radius 2 is 2.06 bits per heavy atom. The van der Waals surface area contributed by atoms with Gasteiger partial charge in [0, 0.05) is 31.1 Å². The van der Waals surface area contributed by atoms with Crippen molar-refractivity contribution in [2.24, 2.45) is 0 Å². The number of anilines is 1. The van der Waals surface area contributed by atoms with Crippen LogP contribution in [0.4, 0.5) is 5.82 Å². The molecule has 1 saturated heterocycles. The van der Waals surface area contributed by atoms with E-state index in [0.29, 0.717) is 35.8 Å². The first-order chi connectivity index (χ1) is 14.9. The number of hydrogen-bond donors (Lipinski definition) is 2. The van der Waals surface area contributed by atoms with Crippen LogP contribution in [0.2, 0.25) is 0 Å². The molecule has 1 atom stereocenters. The van der Waals surface area contributed by atoms with Crippen molar-refractivity contribution in [2.45, 2.75) is 37.2 Å². The molecule has 0 bridgehead atoms. The summed E-state index contributed by atoms with van der Waals surface area (Å²) >= 11 is 0. The SMILES string of the molecule is CN1CCC(O)(C#Cc2cccc(-c3cc(C4CCC4)c4ncnc(N)c4n3)c2)C1=O. The summed E-state index contributed by atoms with van der Waals surface area (Å²) < 4.78 is 0. The van der Waals surface area contributed by atoms with Gasteiger partial charge in [-0.05, 0) is 42.5 Å². The molecule has 1 aliphatic heterocycles. The summed E-state index contributed by atoms with van der Waals surface area (Å²) in [5.41, 5.74) is 9.48. The zero-order valence-electron chi connectivity index (χ0n) is 17.3. The van der Waals surface area contributed by atoms with Crippen LogP contribution >= 0.6 is 0 Å². The number of pyridine rings is 1. The van der Waals surface area contributed by atoms with Gasteiger partial charge in [0.2, 0.25) is 5.60 Å². The molecule has 156 valence electrons. The zero-order chi connectivity index (χ0) is 21.6. The lowest BCUT2D eigenvalue weighted by Crippen LogP contribution is -2.37. The van der Waals surface area contributed by atoms with Crippen molar-refractivity contribution in [3.05, 3.63) is 47.8 Å². The topological polar surface area (TPSA) is 105 Å². The van der Waals surface area contributed by atoms with Gasteiger partial charge in [0.25, 0.3) is 5.91 Å². The smallest absolute Gasteiger partial charge is 0.267 e. The van der Waals surface area contributed by atoms with Crippen LogP contribution in [0.5, 0.6) is 0 Å². The average molecular weight is 413 g/mol. The largest absolute Gasteiger partial charge is 0.382 e. The van der Waals surface area contributed by atoms with Gasteiger partial charge < -0.3 is 15.7 Å². The molecule has 7 nitrogen and oxygen atoms in total. The Labute approximate surface area is 180 Å². The third-order valence-electron chi connectivity index (χ3n) is 6.27. The van der Waals surface area contributed by atoms with Crippen molar-refractivity contribution in [1.82, 2.24) is 19.9 Å². The Kier molecular flexibility index (Phi) is 4.60. The van der Waals surface area contributed by atoms with Crippen LogP contribution in [0.25, 0.3) is 22.3 Å². The molecule has 0 spiro atoms. The van der Waals surface area contributed by atoms with E-state index in [1.807, 2.05) is 24.3 Å². The van der Waals surface area contributed by atoms with E-state index in [4.69, 9.17) is 10.7 Å². The Bertz CT molecular complexity index is 1260. The van der Waals surface area contributed by atoms with Gasteiger partial charge >= 0.3 is 0 Å². The van der Waals surface area contributed by atoms with Gasteiger partial charge in [-0.1, -0.05) is 30.4 Å². The van der Waals surface area contributed by atoms with Crippen LogP contribution in [0, 0.1) is 11.8 Å². The van der Waals surface area contributed by atoms with Crippen LogP contribution in [-0.4, -0.2) is 50.1 Å². The van der Waals surface area contributed by atoms with Crippen LogP contribution in [-0.2, 0) is 4.79 Å². The lowest BCUT2D eigenvalue weighted by atomic mass is 9.79. The van der Waals surface area contributed by atoms with Crippen molar-refractivity contribution >= 4 is 22.8 Å². The summed E-state index contributed by atoms with van der Waals surface area (Å²) in [4.78, 5) is 27.0. The lowest BCUT2D eigenvalue weighted by molar-refractivity contribution is -0.137. The maximum atomic E-state index is 12.2. The number of rotatable bonds is 2. The fourth-order valence-electron chi connectivity index (χ4n) is 4.16. The van der Waals surface area contributed by atoms with Crippen molar-refractivity contribution in [2.75, 3.05) is 19.3 Å².